The second-order valence-corrected chi connectivity index (χ2v) is 4.96. The minimum atomic E-state index is 0.557. The van der Waals surface area contributed by atoms with Crippen LogP contribution in [0.15, 0.2) is 12.3 Å². The van der Waals surface area contributed by atoms with Gasteiger partial charge in [0.1, 0.15) is 17.1 Å². The first-order valence-electron chi connectivity index (χ1n) is 6.32. The number of ether oxygens (including phenoxy) is 1. The van der Waals surface area contributed by atoms with Crippen molar-refractivity contribution in [3.63, 3.8) is 0 Å². The first-order chi connectivity index (χ1) is 8.69. The zero-order valence-corrected chi connectivity index (χ0v) is 11.1. The Labute approximate surface area is 106 Å². The molecule has 1 aliphatic rings. The Morgan fingerprint density at radius 2 is 2.17 bits per heavy atom. The highest BCUT2D eigenvalue weighted by Gasteiger charge is 2.22. The van der Waals surface area contributed by atoms with E-state index in [4.69, 9.17) is 4.74 Å². The summed E-state index contributed by atoms with van der Waals surface area (Å²) in [6.45, 7) is 7.36. The van der Waals surface area contributed by atoms with E-state index in [-0.39, 0.29) is 0 Å². The highest BCUT2D eigenvalue weighted by molar-refractivity contribution is 5.73. The van der Waals surface area contributed by atoms with Crippen LogP contribution in [-0.4, -0.2) is 39.1 Å². The lowest BCUT2D eigenvalue weighted by Gasteiger charge is -2.30. The molecule has 1 aliphatic heterocycles. The zero-order valence-electron chi connectivity index (χ0n) is 11.1. The predicted molar refractivity (Wildman–Crippen MR) is 69.6 cm³/mol. The van der Waals surface area contributed by atoms with Crippen molar-refractivity contribution in [3.05, 3.63) is 18.1 Å². The van der Waals surface area contributed by atoms with Crippen molar-refractivity contribution in [2.75, 3.05) is 13.7 Å². The van der Waals surface area contributed by atoms with E-state index in [2.05, 4.69) is 33.3 Å². The highest BCUT2D eigenvalue weighted by atomic mass is 16.5. The van der Waals surface area contributed by atoms with Gasteiger partial charge < -0.3 is 9.30 Å². The van der Waals surface area contributed by atoms with E-state index in [1.165, 1.54) is 0 Å². The van der Waals surface area contributed by atoms with Crippen LogP contribution >= 0.6 is 0 Å². The summed E-state index contributed by atoms with van der Waals surface area (Å²) < 4.78 is 7.41. The van der Waals surface area contributed by atoms with E-state index >= 15 is 0 Å². The topological polar surface area (TPSA) is 43.2 Å². The van der Waals surface area contributed by atoms with Gasteiger partial charge in [0.2, 0.25) is 0 Å². The molecule has 3 rings (SSSR count). The first kappa shape index (κ1) is 11.5. The summed E-state index contributed by atoms with van der Waals surface area (Å²) in [5, 5.41) is 0. The van der Waals surface area contributed by atoms with Crippen molar-refractivity contribution < 1.29 is 4.74 Å². The molecule has 0 saturated heterocycles. The quantitative estimate of drug-likeness (QED) is 0.808. The van der Waals surface area contributed by atoms with Gasteiger partial charge in [0.05, 0.1) is 19.9 Å². The van der Waals surface area contributed by atoms with Crippen LogP contribution in [0.25, 0.3) is 11.2 Å². The van der Waals surface area contributed by atoms with E-state index in [1.54, 1.807) is 13.3 Å². The number of nitrogens with zero attached hydrogens (tertiary/aromatic N) is 4. The third kappa shape index (κ3) is 1.75. The highest BCUT2D eigenvalue weighted by Crippen LogP contribution is 2.23. The molecule has 0 aromatic carbocycles. The van der Waals surface area contributed by atoms with Gasteiger partial charge in [-0.1, -0.05) is 0 Å². The zero-order chi connectivity index (χ0) is 12.7. The summed E-state index contributed by atoms with van der Waals surface area (Å²) in [5.41, 5.74) is 1.89. The van der Waals surface area contributed by atoms with Crippen molar-refractivity contribution in [2.45, 2.75) is 33.0 Å². The van der Waals surface area contributed by atoms with Gasteiger partial charge in [-0.25, -0.2) is 9.97 Å². The normalized spacial score (nSPS) is 16.2. The predicted octanol–water partition coefficient (Wildman–Crippen LogP) is 1.66. The summed E-state index contributed by atoms with van der Waals surface area (Å²) in [4.78, 5) is 11.6. The standard InChI is InChI=1S/C13H18N4O/c1-9(2)16-4-5-17-12(8-16)15-11-6-10(18-3)7-14-13(11)17/h6-7,9H,4-5,8H2,1-3H3. The van der Waals surface area contributed by atoms with E-state index in [0.29, 0.717) is 6.04 Å². The van der Waals surface area contributed by atoms with E-state index in [0.717, 1.165) is 42.4 Å². The Kier molecular flexibility index (Phi) is 2.70. The average molecular weight is 246 g/mol. The molecule has 0 bridgehead atoms. The fraction of sp³-hybridized carbons (Fsp3) is 0.538. The van der Waals surface area contributed by atoms with Gasteiger partial charge in [0.25, 0.3) is 0 Å². The maximum atomic E-state index is 5.19. The lowest BCUT2D eigenvalue weighted by Crippen LogP contribution is -2.38. The molecule has 0 amide bonds. The van der Waals surface area contributed by atoms with Crippen molar-refractivity contribution in [1.29, 1.82) is 0 Å². The van der Waals surface area contributed by atoms with Crippen LogP contribution in [-0.2, 0) is 13.1 Å². The largest absolute Gasteiger partial charge is 0.495 e. The van der Waals surface area contributed by atoms with Gasteiger partial charge in [-0.05, 0) is 13.8 Å². The van der Waals surface area contributed by atoms with Gasteiger partial charge in [0.15, 0.2) is 5.65 Å². The molecule has 0 N–H and O–H groups in total. The van der Waals surface area contributed by atoms with Gasteiger partial charge in [-0.3, -0.25) is 4.90 Å². The van der Waals surface area contributed by atoms with Gasteiger partial charge in [0, 0.05) is 25.2 Å². The molecule has 5 heteroatoms. The van der Waals surface area contributed by atoms with Gasteiger partial charge in [-0.2, -0.15) is 0 Å². The number of aromatic nitrogens is 3. The Morgan fingerprint density at radius 3 is 2.89 bits per heavy atom. The number of rotatable bonds is 2. The first-order valence-corrected chi connectivity index (χ1v) is 6.32. The monoisotopic (exact) mass is 246 g/mol. The average Bonchev–Trinajstić information content (AvgIpc) is 2.74. The lowest BCUT2D eigenvalue weighted by molar-refractivity contribution is 0.175. The number of imidazole rings is 1. The van der Waals surface area contributed by atoms with Crippen LogP contribution < -0.4 is 4.74 Å². The third-order valence-corrected chi connectivity index (χ3v) is 3.56. The number of pyridine rings is 1. The Balaban J connectivity index is 2.04. The molecule has 5 nitrogen and oxygen atoms in total. The molecular weight excluding hydrogens is 228 g/mol. The van der Waals surface area contributed by atoms with Crippen molar-refractivity contribution in [1.82, 2.24) is 19.4 Å². The molecular formula is C13H18N4O. The SMILES string of the molecule is COc1cnc2c(c1)nc1n2CCN(C(C)C)C1. The second kappa shape index (κ2) is 4.24. The second-order valence-electron chi connectivity index (χ2n) is 4.96. The molecule has 0 aliphatic carbocycles. The van der Waals surface area contributed by atoms with E-state index < -0.39 is 0 Å². The summed E-state index contributed by atoms with van der Waals surface area (Å²) >= 11 is 0. The van der Waals surface area contributed by atoms with Gasteiger partial charge in [-0.15, -0.1) is 0 Å². The van der Waals surface area contributed by atoms with Crippen LogP contribution in [0.1, 0.15) is 19.7 Å². The summed E-state index contributed by atoms with van der Waals surface area (Å²) in [7, 11) is 1.65. The van der Waals surface area contributed by atoms with Crippen LogP contribution in [0.4, 0.5) is 0 Å². The maximum absolute atomic E-state index is 5.19. The Morgan fingerprint density at radius 1 is 1.33 bits per heavy atom. The maximum Gasteiger partial charge on any atom is 0.160 e. The van der Waals surface area contributed by atoms with Crippen LogP contribution in [0, 0.1) is 0 Å². The van der Waals surface area contributed by atoms with Crippen LogP contribution in [0.3, 0.4) is 0 Å². The fourth-order valence-electron chi connectivity index (χ4n) is 2.44. The Bertz CT molecular complexity index is 576. The number of fused-ring (bicyclic) bond motifs is 3. The fourth-order valence-corrected chi connectivity index (χ4v) is 2.44. The molecule has 0 unspecified atom stereocenters. The molecule has 2 aromatic heterocycles. The molecule has 0 spiro atoms. The lowest BCUT2D eigenvalue weighted by atomic mass is 10.2. The molecule has 96 valence electrons. The molecule has 0 saturated carbocycles. The minimum absolute atomic E-state index is 0.557. The van der Waals surface area contributed by atoms with Gasteiger partial charge >= 0.3 is 0 Å². The molecule has 3 heterocycles. The van der Waals surface area contributed by atoms with Crippen LogP contribution in [0.5, 0.6) is 5.75 Å². The smallest absolute Gasteiger partial charge is 0.160 e. The number of methoxy groups -OCH3 is 1. The molecule has 0 fully saturated rings. The molecule has 0 radical (unpaired) electrons. The number of hydrogen-bond acceptors (Lipinski definition) is 4. The summed E-state index contributed by atoms with van der Waals surface area (Å²) in [5.74, 6) is 1.87. The summed E-state index contributed by atoms with van der Waals surface area (Å²) in [6, 6.07) is 2.51. The van der Waals surface area contributed by atoms with Crippen LogP contribution in [0.2, 0.25) is 0 Å². The van der Waals surface area contributed by atoms with Crippen molar-refractivity contribution in [3.8, 4) is 5.75 Å². The summed E-state index contributed by atoms with van der Waals surface area (Å²) in [6.07, 6.45) is 1.76. The minimum Gasteiger partial charge on any atom is -0.495 e. The molecule has 2 aromatic rings. The number of hydrogen-bond donors (Lipinski definition) is 0. The van der Waals surface area contributed by atoms with E-state index in [1.807, 2.05) is 6.07 Å². The van der Waals surface area contributed by atoms with Crippen molar-refractivity contribution in [2.24, 2.45) is 0 Å². The van der Waals surface area contributed by atoms with Crippen molar-refractivity contribution >= 4 is 11.2 Å². The Hall–Kier alpha value is -1.62. The molecule has 18 heavy (non-hydrogen) atoms. The third-order valence-electron chi connectivity index (χ3n) is 3.56. The molecule has 0 atom stereocenters. The van der Waals surface area contributed by atoms with E-state index in [9.17, 15) is 0 Å².